The van der Waals surface area contributed by atoms with Crippen LogP contribution >= 0.6 is 0 Å². The van der Waals surface area contributed by atoms with E-state index in [1.165, 1.54) is 24.3 Å². The van der Waals surface area contributed by atoms with Crippen molar-refractivity contribution in [2.24, 2.45) is 0 Å². The van der Waals surface area contributed by atoms with Crippen molar-refractivity contribution in [2.75, 3.05) is 19.6 Å². The number of nitrogens with one attached hydrogen (secondary N) is 2. The van der Waals surface area contributed by atoms with Crippen LogP contribution in [0.25, 0.3) is 0 Å². The summed E-state index contributed by atoms with van der Waals surface area (Å²) in [5.41, 5.74) is 1.03. The number of piperazine rings is 1. The molecule has 0 bridgehead atoms. The predicted octanol–water partition coefficient (Wildman–Crippen LogP) is 0.0335. The van der Waals surface area contributed by atoms with Gasteiger partial charge in [-0.3, -0.25) is 9.59 Å². The van der Waals surface area contributed by atoms with Crippen molar-refractivity contribution in [1.29, 1.82) is 0 Å². The van der Waals surface area contributed by atoms with Gasteiger partial charge in [-0.15, -0.1) is 0 Å². The first-order valence-electron chi connectivity index (χ1n) is 7.93. The number of amides is 2. The molecule has 2 amide bonds. The van der Waals surface area contributed by atoms with Gasteiger partial charge in [0.2, 0.25) is 15.9 Å². The molecule has 1 aromatic carbocycles. The van der Waals surface area contributed by atoms with Crippen LogP contribution in [0.15, 0.2) is 39.8 Å². The lowest BCUT2D eigenvalue weighted by Crippen LogP contribution is -2.49. The van der Waals surface area contributed by atoms with Crippen LogP contribution in [0.4, 0.5) is 0 Å². The Kier molecular flexibility index (Phi) is 5.05. The molecule has 2 heterocycles. The number of nitrogens with zero attached hydrogens (tertiary/aromatic N) is 2. The Bertz CT molecular complexity index is 920. The topological polar surface area (TPSA) is 122 Å². The molecule has 0 atom stereocenters. The standard InChI is InChI=1S/C16H18N4O5S/c1-11-8-13(25-19-11)9-18-16(22)12-2-4-14(5-3-12)26(23,24)20-7-6-17-15(21)10-20/h2-5,8H,6-7,9-10H2,1H3,(H,17,21)(H,18,22). The van der Waals surface area contributed by atoms with Crippen LogP contribution in [-0.4, -0.2) is 49.3 Å². The average molecular weight is 378 g/mol. The molecule has 26 heavy (non-hydrogen) atoms. The average Bonchev–Trinajstić information content (AvgIpc) is 3.05. The van der Waals surface area contributed by atoms with Crippen LogP contribution in [0, 0.1) is 6.92 Å². The lowest BCUT2D eigenvalue weighted by atomic mass is 10.2. The monoisotopic (exact) mass is 378 g/mol. The van der Waals surface area contributed by atoms with E-state index < -0.39 is 10.0 Å². The Hall–Kier alpha value is -2.72. The van der Waals surface area contributed by atoms with Gasteiger partial charge in [-0.25, -0.2) is 8.42 Å². The van der Waals surface area contributed by atoms with Crippen LogP contribution in [0.1, 0.15) is 21.8 Å². The van der Waals surface area contributed by atoms with Gasteiger partial charge in [-0.1, -0.05) is 5.16 Å². The van der Waals surface area contributed by atoms with E-state index in [-0.39, 0.29) is 42.9 Å². The van der Waals surface area contributed by atoms with E-state index >= 15 is 0 Å². The van der Waals surface area contributed by atoms with Gasteiger partial charge in [-0.05, 0) is 31.2 Å². The molecule has 0 spiro atoms. The number of carbonyl (C=O) groups is 2. The summed E-state index contributed by atoms with van der Waals surface area (Å²) < 4.78 is 31.2. The summed E-state index contributed by atoms with van der Waals surface area (Å²) in [6, 6.07) is 7.28. The van der Waals surface area contributed by atoms with E-state index in [9.17, 15) is 18.0 Å². The molecule has 1 aliphatic rings. The number of hydrogen-bond donors (Lipinski definition) is 2. The van der Waals surface area contributed by atoms with E-state index in [2.05, 4.69) is 15.8 Å². The van der Waals surface area contributed by atoms with Crippen molar-refractivity contribution < 1.29 is 22.5 Å². The minimum absolute atomic E-state index is 0.0367. The second kappa shape index (κ2) is 7.26. The molecule has 1 saturated heterocycles. The highest BCUT2D eigenvalue weighted by atomic mass is 32.2. The molecule has 1 fully saturated rings. The van der Waals surface area contributed by atoms with Gasteiger partial charge in [-0.2, -0.15) is 4.31 Å². The van der Waals surface area contributed by atoms with E-state index in [1.54, 1.807) is 13.0 Å². The second-order valence-corrected chi connectivity index (χ2v) is 7.77. The van der Waals surface area contributed by atoms with E-state index in [1.807, 2.05) is 0 Å². The lowest BCUT2D eigenvalue weighted by molar-refractivity contribution is -0.122. The number of aryl methyl sites for hydroxylation is 1. The zero-order chi connectivity index (χ0) is 18.7. The van der Waals surface area contributed by atoms with Crippen molar-refractivity contribution in [2.45, 2.75) is 18.4 Å². The summed E-state index contributed by atoms with van der Waals surface area (Å²) >= 11 is 0. The Morgan fingerprint density at radius 2 is 2.08 bits per heavy atom. The van der Waals surface area contributed by atoms with Crippen molar-refractivity contribution in [3.63, 3.8) is 0 Å². The fraction of sp³-hybridized carbons (Fsp3) is 0.312. The van der Waals surface area contributed by atoms with E-state index in [0.29, 0.717) is 11.3 Å². The molecule has 1 aromatic heterocycles. The maximum Gasteiger partial charge on any atom is 0.251 e. The van der Waals surface area contributed by atoms with Crippen LogP contribution in [0.3, 0.4) is 0 Å². The molecule has 0 radical (unpaired) electrons. The number of aromatic nitrogens is 1. The quantitative estimate of drug-likeness (QED) is 0.757. The maximum absolute atomic E-state index is 12.6. The Morgan fingerprint density at radius 1 is 1.35 bits per heavy atom. The molecule has 10 heteroatoms. The summed E-state index contributed by atoms with van der Waals surface area (Å²) in [4.78, 5) is 23.6. The van der Waals surface area contributed by atoms with Gasteiger partial charge in [0.15, 0.2) is 5.76 Å². The summed E-state index contributed by atoms with van der Waals surface area (Å²) in [6.07, 6.45) is 0. The van der Waals surface area contributed by atoms with Gasteiger partial charge in [0, 0.05) is 24.7 Å². The third-order valence-corrected chi connectivity index (χ3v) is 5.72. The first-order valence-corrected chi connectivity index (χ1v) is 9.37. The van der Waals surface area contributed by atoms with Gasteiger partial charge in [0.1, 0.15) is 0 Å². The zero-order valence-corrected chi connectivity index (χ0v) is 14.9. The first kappa shape index (κ1) is 18.1. The van der Waals surface area contributed by atoms with Crippen molar-refractivity contribution in [3.05, 3.63) is 47.3 Å². The molecule has 0 saturated carbocycles. The van der Waals surface area contributed by atoms with Crippen LogP contribution < -0.4 is 10.6 Å². The highest BCUT2D eigenvalue weighted by Crippen LogP contribution is 2.17. The zero-order valence-electron chi connectivity index (χ0n) is 14.1. The van der Waals surface area contributed by atoms with Gasteiger partial charge >= 0.3 is 0 Å². The smallest absolute Gasteiger partial charge is 0.251 e. The molecule has 0 aliphatic carbocycles. The third-order valence-electron chi connectivity index (χ3n) is 3.86. The Morgan fingerprint density at radius 3 is 2.69 bits per heavy atom. The normalized spacial score (nSPS) is 15.5. The number of rotatable bonds is 5. The summed E-state index contributed by atoms with van der Waals surface area (Å²) in [6.45, 7) is 2.25. The summed E-state index contributed by atoms with van der Waals surface area (Å²) in [5, 5.41) is 8.98. The molecule has 2 aromatic rings. The Labute approximate surface area is 150 Å². The summed E-state index contributed by atoms with van der Waals surface area (Å²) in [7, 11) is -3.77. The number of sulfonamides is 1. The predicted molar refractivity (Wildman–Crippen MR) is 90.6 cm³/mol. The minimum Gasteiger partial charge on any atom is -0.359 e. The highest BCUT2D eigenvalue weighted by Gasteiger charge is 2.29. The molecule has 0 unspecified atom stereocenters. The molecular weight excluding hydrogens is 360 g/mol. The SMILES string of the molecule is Cc1cc(CNC(=O)c2ccc(S(=O)(=O)N3CCNC(=O)C3)cc2)on1. The molecule has 3 rings (SSSR count). The second-order valence-electron chi connectivity index (χ2n) is 5.83. The fourth-order valence-corrected chi connectivity index (χ4v) is 3.91. The molecular formula is C16H18N4O5S. The van der Waals surface area contributed by atoms with Gasteiger partial charge in [0.25, 0.3) is 5.91 Å². The van der Waals surface area contributed by atoms with Crippen LogP contribution in [0.5, 0.6) is 0 Å². The number of carbonyl (C=O) groups excluding carboxylic acids is 2. The fourth-order valence-electron chi connectivity index (χ4n) is 2.52. The molecule has 9 nitrogen and oxygen atoms in total. The van der Waals surface area contributed by atoms with E-state index in [0.717, 1.165) is 10.00 Å². The molecule has 138 valence electrons. The van der Waals surface area contributed by atoms with Crippen molar-refractivity contribution in [3.8, 4) is 0 Å². The van der Waals surface area contributed by atoms with E-state index in [4.69, 9.17) is 4.52 Å². The van der Waals surface area contributed by atoms with Crippen LogP contribution in [0.2, 0.25) is 0 Å². The Balaban J connectivity index is 1.67. The highest BCUT2D eigenvalue weighted by molar-refractivity contribution is 7.89. The van der Waals surface area contributed by atoms with Gasteiger partial charge in [0.05, 0.1) is 23.7 Å². The van der Waals surface area contributed by atoms with Crippen molar-refractivity contribution >= 4 is 21.8 Å². The first-order chi connectivity index (χ1) is 12.4. The van der Waals surface area contributed by atoms with Crippen molar-refractivity contribution in [1.82, 2.24) is 20.1 Å². The number of benzene rings is 1. The van der Waals surface area contributed by atoms with Crippen LogP contribution in [-0.2, 0) is 21.4 Å². The maximum atomic E-state index is 12.6. The third kappa shape index (κ3) is 3.92. The minimum atomic E-state index is -3.77. The molecule has 1 aliphatic heterocycles. The molecule has 2 N–H and O–H groups in total. The number of hydrogen-bond acceptors (Lipinski definition) is 6. The summed E-state index contributed by atoms with van der Waals surface area (Å²) in [5.74, 6) is -0.169. The lowest BCUT2D eigenvalue weighted by Gasteiger charge is -2.25. The van der Waals surface area contributed by atoms with Gasteiger partial charge < -0.3 is 15.2 Å². The largest absolute Gasteiger partial charge is 0.359 e.